The number of anilines is 1. The lowest BCUT2D eigenvalue weighted by atomic mass is 9.82. The second kappa shape index (κ2) is 2.74. The van der Waals surface area contributed by atoms with Gasteiger partial charge in [-0.25, -0.2) is 0 Å². The van der Waals surface area contributed by atoms with Crippen LogP contribution >= 0.6 is 0 Å². The Morgan fingerprint density at radius 3 is 3.00 bits per heavy atom. The van der Waals surface area contributed by atoms with Gasteiger partial charge < -0.3 is 10.2 Å². The number of para-hydroxylation sites is 1. The minimum Gasteiger partial charge on any atom is -0.384 e. The van der Waals surface area contributed by atoms with Gasteiger partial charge in [-0.15, -0.1) is 0 Å². The van der Waals surface area contributed by atoms with E-state index in [0.29, 0.717) is 5.41 Å². The van der Waals surface area contributed by atoms with Crippen molar-refractivity contribution < 1.29 is 0 Å². The molecule has 2 nitrogen and oxygen atoms in total. The Kier molecular flexibility index (Phi) is 1.62. The molecule has 1 fully saturated rings. The van der Waals surface area contributed by atoms with Gasteiger partial charge in [0.2, 0.25) is 0 Å². The van der Waals surface area contributed by atoms with Gasteiger partial charge in [0, 0.05) is 24.2 Å². The quantitative estimate of drug-likeness (QED) is 0.666. The van der Waals surface area contributed by atoms with E-state index < -0.39 is 0 Å². The summed E-state index contributed by atoms with van der Waals surface area (Å²) in [6.45, 7) is 3.56. The summed E-state index contributed by atoms with van der Waals surface area (Å²) in [6, 6.07) is 8.76. The minimum absolute atomic E-state index is 0.408. The summed E-state index contributed by atoms with van der Waals surface area (Å²) in [5.41, 5.74) is 3.29. The van der Waals surface area contributed by atoms with Crippen LogP contribution in [0.1, 0.15) is 12.0 Å². The largest absolute Gasteiger partial charge is 0.384 e. The normalized spacial score (nSPS) is 30.6. The molecule has 1 aromatic rings. The molecular weight excluding hydrogens is 172 g/mol. The third kappa shape index (κ3) is 1.01. The molecule has 2 heteroatoms. The molecule has 2 aliphatic heterocycles. The van der Waals surface area contributed by atoms with Crippen molar-refractivity contribution in [1.82, 2.24) is 4.90 Å². The van der Waals surface area contributed by atoms with Gasteiger partial charge in [-0.1, -0.05) is 18.2 Å². The third-order valence-corrected chi connectivity index (χ3v) is 3.66. The number of likely N-dealkylation sites (N-methyl/N-ethyl adjacent to an activating group) is 1. The number of hydrogen-bond donors (Lipinski definition) is 1. The number of hydrogen-bond acceptors (Lipinski definition) is 2. The van der Waals surface area contributed by atoms with E-state index in [1.165, 1.54) is 30.8 Å². The molecular formula is C12H16N2. The van der Waals surface area contributed by atoms with E-state index in [0.717, 1.165) is 6.54 Å². The molecule has 1 unspecified atom stereocenters. The number of benzene rings is 1. The molecule has 14 heavy (non-hydrogen) atoms. The van der Waals surface area contributed by atoms with Crippen LogP contribution in [0.5, 0.6) is 0 Å². The topological polar surface area (TPSA) is 15.3 Å². The molecule has 2 heterocycles. The number of fused-ring (bicyclic) bond motifs is 2. The van der Waals surface area contributed by atoms with E-state index in [4.69, 9.17) is 0 Å². The van der Waals surface area contributed by atoms with Crippen LogP contribution in [0.15, 0.2) is 24.3 Å². The average molecular weight is 188 g/mol. The van der Waals surface area contributed by atoms with E-state index in [-0.39, 0.29) is 0 Å². The summed E-state index contributed by atoms with van der Waals surface area (Å²) in [7, 11) is 2.22. The maximum atomic E-state index is 3.53. The van der Waals surface area contributed by atoms with Crippen molar-refractivity contribution in [2.45, 2.75) is 11.8 Å². The highest BCUT2D eigenvalue weighted by atomic mass is 15.1. The molecule has 1 N–H and O–H groups in total. The summed E-state index contributed by atoms with van der Waals surface area (Å²) in [4.78, 5) is 2.43. The van der Waals surface area contributed by atoms with Gasteiger partial charge in [-0.2, -0.15) is 0 Å². The van der Waals surface area contributed by atoms with Crippen molar-refractivity contribution in [2.75, 3.05) is 32.0 Å². The molecule has 0 aromatic heterocycles. The predicted molar refractivity (Wildman–Crippen MR) is 58.7 cm³/mol. The second-order valence-corrected chi connectivity index (χ2v) is 4.67. The van der Waals surface area contributed by atoms with Crippen LogP contribution in [0.25, 0.3) is 0 Å². The zero-order valence-electron chi connectivity index (χ0n) is 8.59. The van der Waals surface area contributed by atoms with Gasteiger partial charge in [0.15, 0.2) is 0 Å². The molecule has 2 aliphatic rings. The molecule has 74 valence electrons. The average Bonchev–Trinajstić information content (AvgIpc) is 2.75. The van der Waals surface area contributed by atoms with Gasteiger partial charge in [0.1, 0.15) is 0 Å². The van der Waals surface area contributed by atoms with Gasteiger partial charge in [-0.3, -0.25) is 0 Å². The molecule has 3 rings (SSSR count). The molecule has 1 spiro atoms. The Hall–Kier alpha value is -1.02. The van der Waals surface area contributed by atoms with Gasteiger partial charge in [0.05, 0.1) is 0 Å². The molecule has 0 amide bonds. The highest BCUT2D eigenvalue weighted by molar-refractivity contribution is 5.60. The van der Waals surface area contributed by atoms with Crippen LogP contribution < -0.4 is 5.32 Å². The minimum atomic E-state index is 0.408. The van der Waals surface area contributed by atoms with Crippen molar-refractivity contribution in [2.24, 2.45) is 0 Å². The number of nitrogens with one attached hydrogen (secondary N) is 1. The van der Waals surface area contributed by atoms with Crippen molar-refractivity contribution in [3.63, 3.8) is 0 Å². The molecule has 0 radical (unpaired) electrons. The van der Waals surface area contributed by atoms with Gasteiger partial charge in [0.25, 0.3) is 0 Å². The Labute approximate surface area is 84.9 Å². The molecule has 1 aromatic carbocycles. The van der Waals surface area contributed by atoms with E-state index >= 15 is 0 Å². The zero-order chi connectivity index (χ0) is 9.60. The Morgan fingerprint density at radius 1 is 1.36 bits per heavy atom. The lowest BCUT2D eigenvalue weighted by Gasteiger charge is -2.22. The molecule has 0 bridgehead atoms. The summed E-state index contributed by atoms with van der Waals surface area (Å²) < 4.78 is 0. The van der Waals surface area contributed by atoms with Crippen LogP contribution in [-0.4, -0.2) is 31.6 Å². The smallest absolute Gasteiger partial charge is 0.0379 e. The standard InChI is InChI=1S/C12H16N2/c1-14-7-6-12(9-14)8-13-11-5-3-2-4-10(11)12/h2-5,13H,6-9H2,1H3. The summed E-state index contributed by atoms with van der Waals surface area (Å²) in [5.74, 6) is 0. The maximum Gasteiger partial charge on any atom is 0.0379 e. The first-order chi connectivity index (χ1) is 6.80. The Bertz CT molecular complexity index is 357. The number of nitrogens with zero attached hydrogens (tertiary/aromatic N) is 1. The fourth-order valence-corrected chi connectivity index (χ4v) is 2.90. The number of rotatable bonds is 0. The Balaban J connectivity index is 2.05. The SMILES string of the molecule is CN1CCC2(CNc3ccccc32)C1. The maximum absolute atomic E-state index is 3.53. The van der Waals surface area contributed by atoms with E-state index in [9.17, 15) is 0 Å². The van der Waals surface area contributed by atoms with Gasteiger partial charge in [-0.05, 0) is 31.6 Å². The van der Waals surface area contributed by atoms with Crippen LogP contribution in [0, 0.1) is 0 Å². The molecule has 1 saturated heterocycles. The van der Waals surface area contributed by atoms with Gasteiger partial charge >= 0.3 is 0 Å². The van der Waals surface area contributed by atoms with Crippen LogP contribution in [0.2, 0.25) is 0 Å². The van der Waals surface area contributed by atoms with Crippen LogP contribution in [0.3, 0.4) is 0 Å². The van der Waals surface area contributed by atoms with Crippen molar-refractivity contribution in [1.29, 1.82) is 0 Å². The van der Waals surface area contributed by atoms with Crippen LogP contribution in [-0.2, 0) is 5.41 Å². The lowest BCUT2D eigenvalue weighted by molar-refractivity contribution is 0.381. The van der Waals surface area contributed by atoms with Crippen LogP contribution in [0.4, 0.5) is 5.69 Å². The van der Waals surface area contributed by atoms with E-state index in [1.807, 2.05) is 0 Å². The highest BCUT2D eigenvalue weighted by Crippen LogP contribution is 2.42. The molecule has 0 saturated carbocycles. The third-order valence-electron chi connectivity index (χ3n) is 3.66. The summed E-state index contributed by atoms with van der Waals surface area (Å²) in [6.07, 6.45) is 1.30. The number of likely N-dealkylation sites (tertiary alicyclic amines) is 1. The van der Waals surface area contributed by atoms with E-state index in [2.05, 4.69) is 41.5 Å². The van der Waals surface area contributed by atoms with Crippen molar-refractivity contribution >= 4 is 5.69 Å². The molecule has 1 atom stereocenters. The fraction of sp³-hybridized carbons (Fsp3) is 0.500. The summed E-state index contributed by atoms with van der Waals surface area (Å²) >= 11 is 0. The zero-order valence-corrected chi connectivity index (χ0v) is 8.59. The first-order valence-electron chi connectivity index (χ1n) is 5.32. The summed E-state index contributed by atoms with van der Waals surface area (Å²) in [5, 5.41) is 3.53. The monoisotopic (exact) mass is 188 g/mol. The lowest BCUT2D eigenvalue weighted by Crippen LogP contribution is -2.31. The highest BCUT2D eigenvalue weighted by Gasteiger charge is 2.42. The first-order valence-corrected chi connectivity index (χ1v) is 5.32. The Morgan fingerprint density at radius 2 is 2.21 bits per heavy atom. The first kappa shape index (κ1) is 8.30. The predicted octanol–water partition coefficient (Wildman–Crippen LogP) is 1.69. The molecule has 0 aliphatic carbocycles. The van der Waals surface area contributed by atoms with Crippen molar-refractivity contribution in [3.05, 3.63) is 29.8 Å². The van der Waals surface area contributed by atoms with E-state index in [1.54, 1.807) is 0 Å². The second-order valence-electron chi connectivity index (χ2n) is 4.67. The fourth-order valence-electron chi connectivity index (χ4n) is 2.90. The van der Waals surface area contributed by atoms with Crippen molar-refractivity contribution in [3.8, 4) is 0 Å².